The van der Waals surface area contributed by atoms with E-state index in [9.17, 15) is 0 Å². The lowest BCUT2D eigenvalue weighted by Gasteiger charge is -2.00. The van der Waals surface area contributed by atoms with Crippen molar-refractivity contribution in [2.45, 2.75) is 32.6 Å². The standard InChI is InChI=1S/C13H17N3/c1-2-3-9-12-13(15-16-14-12)10-11-7-5-4-6-8-11/h4-8H,2-3,9-10H2,1H3,(H,14,15,16). The lowest BCUT2D eigenvalue weighted by atomic mass is 10.1. The Morgan fingerprint density at radius 3 is 2.75 bits per heavy atom. The molecule has 0 spiro atoms. The molecule has 0 saturated carbocycles. The van der Waals surface area contributed by atoms with Crippen molar-refractivity contribution >= 4 is 0 Å². The van der Waals surface area contributed by atoms with Gasteiger partial charge in [-0.15, -0.1) is 5.10 Å². The molecule has 3 nitrogen and oxygen atoms in total. The van der Waals surface area contributed by atoms with Crippen molar-refractivity contribution in [1.82, 2.24) is 15.4 Å². The Bertz CT molecular complexity index is 420. The van der Waals surface area contributed by atoms with Crippen LogP contribution < -0.4 is 0 Å². The maximum Gasteiger partial charge on any atom is 0.0900 e. The molecule has 0 fully saturated rings. The third kappa shape index (κ3) is 2.69. The molecule has 0 amide bonds. The number of H-pyrrole nitrogens is 1. The average molecular weight is 215 g/mol. The van der Waals surface area contributed by atoms with Crippen molar-refractivity contribution in [2.75, 3.05) is 0 Å². The van der Waals surface area contributed by atoms with Gasteiger partial charge in [-0.05, 0) is 18.4 Å². The number of rotatable bonds is 5. The topological polar surface area (TPSA) is 41.6 Å². The van der Waals surface area contributed by atoms with E-state index in [4.69, 9.17) is 0 Å². The van der Waals surface area contributed by atoms with Gasteiger partial charge in [0, 0.05) is 6.42 Å². The van der Waals surface area contributed by atoms with Crippen LogP contribution in [-0.4, -0.2) is 15.4 Å². The third-order valence-electron chi connectivity index (χ3n) is 2.70. The highest BCUT2D eigenvalue weighted by molar-refractivity contribution is 5.23. The maximum atomic E-state index is 4.16. The highest BCUT2D eigenvalue weighted by atomic mass is 15.3. The minimum Gasteiger partial charge on any atom is -0.262 e. The molecule has 0 saturated heterocycles. The van der Waals surface area contributed by atoms with Crippen LogP contribution in [0.25, 0.3) is 0 Å². The first-order chi connectivity index (χ1) is 7.90. The van der Waals surface area contributed by atoms with Gasteiger partial charge in [-0.2, -0.15) is 0 Å². The third-order valence-corrected chi connectivity index (χ3v) is 2.70. The lowest BCUT2D eigenvalue weighted by Crippen LogP contribution is -1.95. The summed E-state index contributed by atoms with van der Waals surface area (Å²) >= 11 is 0. The highest BCUT2D eigenvalue weighted by Gasteiger charge is 2.06. The first-order valence-electron chi connectivity index (χ1n) is 5.83. The van der Waals surface area contributed by atoms with Crippen molar-refractivity contribution in [3.8, 4) is 0 Å². The van der Waals surface area contributed by atoms with Crippen LogP contribution in [0.1, 0.15) is 36.7 Å². The predicted octanol–water partition coefficient (Wildman–Crippen LogP) is 2.74. The number of benzene rings is 1. The van der Waals surface area contributed by atoms with Gasteiger partial charge in [0.15, 0.2) is 0 Å². The molecule has 1 aromatic carbocycles. The summed E-state index contributed by atoms with van der Waals surface area (Å²) in [5.41, 5.74) is 3.56. The molecule has 84 valence electrons. The van der Waals surface area contributed by atoms with Crippen molar-refractivity contribution in [1.29, 1.82) is 0 Å². The molecule has 2 aromatic rings. The van der Waals surface area contributed by atoms with Crippen LogP contribution in [0.15, 0.2) is 30.3 Å². The van der Waals surface area contributed by atoms with Crippen LogP contribution in [0.3, 0.4) is 0 Å². The molecule has 0 aliphatic rings. The number of unbranched alkanes of at least 4 members (excludes halogenated alkanes) is 1. The number of nitrogens with zero attached hydrogens (tertiary/aromatic N) is 2. The number of nitrogens with one attached hydrogen (secondary N) is 1. The van der Waals surface area contributed by atoms with Crippen LogP contribution in [0, 0.1) is 0 Å². The normalized spacial score (nSPS) is 10.6. The number of hydrogen-bond donors (Lipinski definition) is 1. The van der Waals surface area contributed by atoms with E-state index in [0.29, 0.717) is 0 Å². The first kappa shape index (κ1) is 10.9. The van der Waals surface area contributed by atoms with E-state index in [1.807, 2.05) is 6.07 Å². The largest absolute Gasteiger partial charge is 0.262 e. The lowest BCUT2D eigenvalue weighted by molar-refractivity contribution is 0.766. The molecule has 1 heterocycles. The Balaban J connectivity index is 2.07. The molecular weight excluding hydrogens is 198 g/mol. The van der Waals surface area contributed by atoms with E-state index in [-0.39, 0.29) is 0 Å². The van der Waals surface area contributed by atoms with Crippen LogP contribution in [0.4, 0.5) is 0 Å². The second kappa shape index (κ2) is 5.45. The number of aromatic nitrogens is 3. The molecule has 0 unspecified atom stereocenters. The van der Waals surface area contributed by atoms with Gasteiger partial charge < -0.3 is 0 Å². The monoisotopic (exact) mass is 215 g/mol. The summed E-state index contributed by atoms with van der Waals surface area (Å²) in [7, 11) is 0. The Morgan fingerprint density at radius 2 is 2.00 bits per heavy atom. The second-order valence-corrected chi connectivity index (χ2v) is 4.00. The van der Waals surface area contributed by atoms with E-state index in [2.05, 4.69) is 46.6 Å². The van der Waals surface area contributed by atoms with Crippen LogP contribution in [0.5, 0.6) is 0 Å². The summed E-state index contributed by atoms with van der Waals surface area (Å²) in [4.78, 5) is 0. The quantitative estimate of drug-likeness (QED) is 0.833. The van der Waals surface area contributed by atoms with Crippen LogP contribution >= 0.6 is 0 Å². The number of hydrogen-bond acceptors (Lipinski definition) is 2. The zero-order chi connectivity index (χ0) is 11.2. The smallest absolute Gasteiger partial charge is 0.0900 e. The summed E-state index contributed by atoms with van der Waals surface area (Å²) < 4.78 is 0. The molecule has 2 rings (SSSR count). The van der Waals surface area contributed by atoms with Crippen LogP contribution in [0.2, 0.25) is 0 Å². The molecule has 3 heteroatoms. The van der Waals surface area contributed by atoms with Gasteiger partial charge in [0.25, 0.3) is 0 Å². The molecule has 16 heavy (non-hydrogen) atoms. The first-order valence-corrected chi connectivity index (χ1v) is 5.83. The van der Waals surface area contributed by atoms with Crippen LogP contribution in [-0.2, 0) is 12.8 Å². The summed E-state index contributed by atoms with van der Waals surface area (Å²) in [6.45, 7) is 2.20. The summed E-state index contributed by atoms with van der Waals surface area (Å²) in [6.07, 6.45) is 4.30. The molecule has 0 atom stereocenters. The van der Waals surface area contributed by atoms with Crippen molar-refractivity contribution in [3.05, 3.63) is 47.3 Å². The molecule has 1 N–H and O–H groups in total. The SMILES string of the molecule is CCCCc1[nH]nnc1Cc1ccccc1. The van der Waals surface area contributed by atoms with Gasteiger partial charge in [0.1, 0.15) is 0 Å². The minimum absolute atomic E-state index is 0.871. The van der Waals surface area contributed by atoms with Gasteiger partial charge in [0.2, 0.25) is 0 Å². The fourth-order valence-electron chi connectivity index (χ4n) is 1.76. The van der Waals surface area contributed by atoms with E-state index in [1.165, 1.54) is 24.1 Å². The Labute approximate surface area is 95.9 Å². The van der Waals surface area contributed by atoms with Crippen molar-refractivity contribution in [3.63, 3.8) is 0 Å². The van der Waals surface area contributed by atoms with Gasteiger partial charge >= 0.3 is 0 Å². The predicted molar refractivity (Wildman–Crippen MR) is 64.2 cm³/mol. The zero-order valence-electron chi connectivity index (χ0n) is 9.61. The Kier molecular flexibility index (Phi) is 3.70. The fraction of sp³-hybridized carbons (Fsp3) is 0.385. The highest BCUT2D eigenvalue weighted by Crippen LogP contribution is 2.11. The van der Waals surface area contributed by atoms with Gasteiger partial charge in [-0.3, -0.25) is 5.10 Å². The van der Waals surface area contributed by atoms with E-state index >= 15 is 0 Å². The molecule has 0 radical (unpaired) electrons. The minimum atomic E-state index is 0.871. The maximum absolute atomic E-state index is 4.16. The summed E-state index contributed by atoms with van der Waals surface area (Å²) in [6, 6.07) is 10.4. The van der Waals surface area contributed by atoms with Gasteiger partial charge in [0.05, 0.1) is 11.4 Å². The fourth-order valence-corrected chi connectivity index (χ4v) is 1.76. The number of aromatic amines is 1. The van der Waals surface area contributed by atoms with E-state index in [1.54, 1.807) is 0 Å². The molecule has 0 bridgehead atoms. The summed E-state index contributed by atoms with van der Waals surface area (Å²) in [5, 5.41) is 11.1. The van der Waals surface area contributed by atoms with Gasteiger partial charge in [-0.1, -0.05) is 48.9 Å². The molecular formula is C13H17N3. The Hall–Kier alpha value is -1.64. The second-order valence-electron chi connectivity index (χ2n) is 4.00. The van der Waals surface area contributed by atoms with E-state index < -0.39 is 0 Å². The molecule has 0 aliphatic heterocycles. The van der Waals surface area contributed by atoms with Crippen molar-refractivity contribution in [2.24, 2.45) is 0 Å². The number of aryl methyl sites for hydroxylation is 1. The van der Waals surface area contributed by atoms with Crippen molar-refractivity contribution < 1.29 is 0 Å². The molecule has 0 aliphatic carbocycles. The van der Waals surface area contributed by atoms with Gasteiger partial charge in [-0.25, -0.2) is 0 Å². The average Bonchev–Trinajstić information content (AvgIpc) is 2.75. The zero-order valence-corrected chi connectivity index (χ0v) is 9.61. The Morgan fingerprint density at radius 1 is 1.19 bits per heavy atom. The summed E-state index contributed by atoms with van der Waals surface area (Å²) in [5.74, 6) is 0. The van der Waals surface area contributed by atoms with E-state index in [0.717, 1.165) is 18.5 Å². The molecule has 1 aromatic heterocycles.